The van der Waals surface area contributed by atoms with Crippen LogP contribution in [0.1, 0.15) is 18.3 Å². The Labute approximate surface area is 149 Å². The molecule has 1 fully saturated rings. The number of methoxy groups -OCH3 is 3. The minimum Gasteiger partial charge on any atom is -0.493 e. The highest BCUT2D eigenvalue weighted by atomic mass is 28.3. The van der Waals surface area contributed by atoms with Gasteiger partial charge in [0.25, 0.3) is 0 Å². The predicted octanol–water partition coefficient (Wildman–Crippen LogP) is 3.48. The molecule has 0 spiro atoms. The SMILES string of the molecule is C=CCC1([Si](C)(C)C)OC(c2cc(OC)c(OC)c(OC)c2)OC1=O. The van der Waals surface area contributed by atoms with Crippen molar-refractivity contribution in [3.63, 3.8) is 0 Å². The van der Waals surface area contributed by atoms with Gasteiger partial charge in [-0.2, -0.15) is 0 Å². The van der Waals surface area contributed by atoms with Crippen LogP contribution in [0, 0.1) is 0 Å². The summed E-state index contributed by atoms with van der Waals surface area (Å²) >= 11 is 0. The molecule has 1 aromatic carbocycles. The lowest BCUT2D eigenvalue weighted by atomic mass is 10.1. The highest BCUT2D eigenvalue weighted by molar-refractivity contribution is 6.82. The Morgan fingerprint density at radius 1 is 1.16 bits per heavy atom. The summed E-state index contributed by atoms with van der Waals surface area (Å²) in [5.41, 5.74) is 0.632. The van der Waals surface area contributed by atoms with E-state index in [1.165, 1.54) is 21.3 Å². The maximum absolute atomic E-state index is 12.7. The molecule has 1 aromatic rings. The first kappa shape index (κ1) is 19.3. The van der Waals surface area contributed by atoms with Crippen molar-refractivity contribution in [2.24, 2.45) is 0 Å². The lowest BCUT2D eigenvalue weighted by Gasteiger charge is -2.34. The average Bonchev–Trinajstić information content (AvgIpc) is 2.91. The van der Waals surface area contributed by atoms with E-state index in [9.17, 15) is 4.79 Å². The smallest absolute Gasteiger partial charge is 0.337 e. The number of benzene rings is 1. The molecule has 0 amide bonds. The van der Waals surface area contributed by atoms with Crippen molar-refractivity contribution < 1.29 is 28.5 Å². The zero-order valence-corrected chi connectivity index (χ0v) is 16.7. The van der Waals surface area contributed by atoms with Crippen LogP contribution in [0.2, 0.25) is 19.6 Å². The van der Waals surface area contributed by atoms with Gasteiger partial charge in [-0.15, -0.1) is 6.58 Å². The molecule has 1 aliphatic heterocycles. The van der Waals surface area contributed by atoms with Gasteiger partial charge in [0.15, 0.2) is 16.7 Å². The van der Waals surface area contributed by atoms with E-state index in [2.05, 4.69) is 26.2 Å². The molecule has 0 aliphatic carbocycles. The highest BCUT2D eigenvalue weighted by Crippen LogP contribution is 2.46. The predicted molar refractivity (Wildman–Crippen MR) is 96.9 cm³/mol. The molecule has 6 nitrogen and oxygen atoms in total. The van der Waals surface area contributed by atoms with Crippen LogP contribution in [0.25, 0.3) is 0 Å². The van der Waals surface area contributed by atoms with Crippen molar-refractivity contribution in [1.29, 1.82) is 0 Å². The molecule has 1 saturated heterocycles. The molecule has 0 N–H and O–H groups in total. The van der Waals surface area contributed by atoms with Gasteiger partial charge >= 0.3 is 5.97 Å². The summed E-state index contributed by atoms with van der Waals surface area (Å²) in [6.45, 7) is 10.0. The van der Waals surface area contributed by atoms with E-state index in [1.807, 2.05) is 0 Å². The number of hydrogen-bond acceptors (Lipinski definition) is 6. The highest BCUT2D eigenvalue weighted by Gasteiger charge is 2.58. The van der Waals surface area contributed by atoms with Crippen molar-refractivity contribution in [3.05, 3.63) is 30.4 Å². The molecule has 2 unspecified atom stereocenters. The van der Waals surface area contributed by atoms with Gasteiger partial charge in [0.1, 0.15) is 0 Å². The number of hydrogen-bond donors (Lipinski definition) is 0. The van der Waals surface area contributed by atoms with Gasteiger partial charge in [0.2, 0.25) is 12.0 Å². The fourth-order valence-corrected chi connectivity index (χ4v) is 4.83. The second-order valence-corrected chi connectivity index (χ2v) is 12.2. The molecule has 0 saturated carbocycles. The first-order valence-corrected chi connectivity index (χ1v) is 11.5. The molecule has 0 radical (unpaired) electrons. The number of carbonyl (C=O) groups excluding carboxylic acids is 1. The number of esters is 1. The minimum absolute atomic E-state index is 0.342. The number of rotatable bonds is 7. The van der Waals surface area contributed by atoms with Crippen LogP contribution < -0.4 is 14.2 Å². The van der Waals surface area contributed by atoms with Crippen LogP contribution in [0.3, 0.4) is 0 Å². The lowest BCUT2D eigenvalue weighted by molar-refractivity contribution is -0.144. The molecular formula is C18H26O6Si. The van der Waals surface area contributed by atoms with Crippen molar-refractivity contribution in [2.75, 3.05) is 21.3 Å². The first-order chi connectivity index (χ1) is 11.7. The Morgan fingerprint density at radius 2 is 1.72 bits per heavy atom. The zero-order valence-electron chi connectivity index (χ0n) is 15.7. The van der Waals surface area contributed by atoms with Crippen molar-refractivity contribution in [1.82, 2.24) is 0 Å². The van der Waals surface area contributed by atoms with E-state index in [-0.39, 0.29) is 5.97 Å². The van der Waals surface area contributed by atoms with Crippen molar-refractivity contribution in [3.8, 4) is 17.2 Å². The molecule has 1 aliphatic rings. The van der Waals surface area contributed by atoms with E-state index in [4.69, 9.17) is 23.7 Å². The van der Waals surface area contributed by atoms with Gasteiger partial charge in [-0.3, -0.25) is 0 Å². The minimum atomic E-state index is -2.05. The number of ether oxygens (including phenoxy) is 5. The molecule has 2 rings (SSSR count). The largest absolute Gasteiger partial charge is 0.493 e. The molecule has 25 heavy (non-hydrogen) atoms. The fraction of sp³-hybridized carbons (Fsp3) is 0.500. The Morgan fingerprint density at radius 3 is 2.12 bits per heavy atom. The quantitative estimate of drug-likeness (QED) is 0.418. The average molecular weight is 366 g/mol. The number of carbonyl (C=O) groups is 1. The summed E-state index contributed by atoms with van der Waals surface area (Å²) in [6, 6.07) is 3.46. The fourth-order valence-electron chi connectivity index (χ4n) is 2.94. The van der Waals surface area contributed by atoms with Gasteiger partial charge in [-0.05, 0) is 12.1 Å². The second kappa shape index (κ2) is 7.09. The van der Waals surface area contributed by atoms with E-state index >= 15 is 0 Å². The summed E-state index contributed by atoms with van der Waals surface area (Å²) < 4.78 is 27.8. The maximum Gasteiger partial charge on any atom is 0.337 e. The van der Waals surface area contributed by atoms with Gasteiger partial charge in [0.05, 0.1) is 29.4 Å². The molecular weight excluding hydrogens is 340 g/mol. The Hall–Kier alpha value is -1.99. The van der Waals surface area contributed by atoms with Gasteiger partial charge in [-0.1, -0.05) is 25.7 Å². The molecule has 0 bridgehead atoms. The zero-order chi connectivity index (χ0) is 18.8. The monoisotopic (exact) mass is 366 g/mol. The summed E-state index contributed by atoms with van der Waals surface area (Å²) in [7, 11) is 2.55. The molecule has 1 heterocycles. The summed E-state index contributed by atoms with van der Waals surface area (Å²) in [4.78, 5) is 12.7. The molecule has 7 heteroatoms. The van der Waals surface area contributed by atoms with Crippen LogP contribution in [-0.4, -0.2) is 40.6 Å². The standard InChI is InChI=1S/C18H26O6Si/c1-8-9-18(25(5,6)7)17(19)23-16(24-18)12-10-13(20-2)15(22-4)14(11-12)21-3/h8,10-11,16H,1,9H2,2-7H3. The Balaban J connectivity index is 2.47. The molecule has 2 atom stereocenters. The maximum atomic E-state index is 12.7. The second-order valence-electron chi connectivity index (χ2n) is 6.88. The Bertz CT molecular complexity index is 641. The molecule has 0 aromatic heterocycles. The van der Waals surface area contributed by atoms with Crippen molar-refractivity contribution >= 4 is 14.0 Å². The molecule has 138 valence electrons. The third kappa shape index (κ3) is 3.26. The van der Waals surface area contributed by atoms with Crippen LogP contribution >= 0.6 is 0 Å². The van der Waals surface area contributed by atoms with E-state index in [1.54, 1.807) is 18.2 Å². The third-order valence-electron chi connectivity index (χ3n) is 4.45. The van der Waals surface area contributed by atoms with Crippen LogP contribution in [-0.2, 0) is 14.3 Å². The lowest BCUT2D eigenvalue weighted by Crippen LogP contribution is -2.56. The van der Waals surface area contributed by atoms with E-state index in [0.717, 1.165) is 0 Å². The summed E-state index contributed by atoms with van der Waals surface area (Å²) in [6.07, 6.45) is 1.30. The summed E-state index contributed by atoms with van der Waals surface area (Å²) in [5, 5.41) is -0.959. The Kier molecular flexibility index (Phi) is 5.48. The number of cyclic esters (lactones) is 1. The van der Waals surface area contributed by atoms with E-state index in [0.29, 0.717) is 29.2 Å². The topological polar surface area (TPSA) is 63.2 Å². The van der Waals surface area contributed by atoms with Gasteiger partial charge in [0, 0.05) is 12.0 Å². The summed E-state index contributed by atoms with van der Waals surface area (Å²) in [5.74, 6) is 1.09. The first-order valence-electron chi connectivity index (χ1n) is 8.03. The third-order valence-corrected chi connectivity index (χ3v) is 7.40. The van der Waals surface area contributed by atoms with Crippen LogP contribution in [0.15, 0.2) is 24.8 Å². The van der Waals surface area contributed by atoms with Crippen LogP contribution in [0.4, 0.5) is 0 Å². The van der Waals surface area contributed by atoms with E-state index < -0.39 is 19.6 Å². The van der Waals surface area contributed by atoms with Crippen LogP contribution in [0.5, 0.6) is 17.2 Å². The van der Waals surface area contributed by atoms with Gasteiger partial charge in [-0.25, -0.2) is 4.79 Å². The van der Waals surface area contributed by atoms with Crippen molar-refractivity contribution in [2.45, 2.75) is 37.6 Å². The van der Waals surface area contributed by atoms with Gasteiger partial charge < -0.3 is 23.7 Å². The normalized spacial score (nSPS) is 23.1.